The van der Waals surface area contributed by atoms with Crippen molar-refractivity contribution in [3.8, 4) is 0 Å². The van der Waals surface area contributed by atoms with E-state index in [9.17, 15) is 0 Å². The molecule has 3 N–H and O–H groups in total. The van der Waals surface area contributed by atoms with Crippen molar-refractivity contribution in [2.45, 2.75) is 0 Å². The molecule has 0 saturated heterocycles. The summed E-state index contributed by atoms with van der Waals surface area (Å²) >= 11 is 3.18. The second kappa shape index (κ2) is 33.7. The Kier molecular flexibility index (Phi) is 41.0. The Labute approximate surface area is 147 Å². The van der Waals surface area contributed by atoms with Gasteiger partial charge in [0, 0.05) is 19.5 Å². The van der Waals surface area contributed by atoms with Gasteiger partial charge < -0.3 is 39.0 Å². The van der Waals surface area contributed by atoms with Crippen molar-refractivity contribution in [3.05, 3.63) is 0 Å². The van der Waals surface area contributed by atoms with E-state index in [4.69, 9.17) is 29.5 Å². The molecule has 0 radical (unpaired) electrons. The Balaban J connectivity index is -0.000000329. The van der Waals surface area contributed by atoms with Crippen molar-refractivity contribution in [3.63, 3.8) is 0 Å². The largest absolute Gasteiger partial charge is 0.394 e. The lowest BCUT2D eigenvalue weighted by molar-refractivity contribution is 0.00230. The number of aliphatic hydroxyl groups excluding tert-OH is 3. The second-order valence-corrected chi connectivity index (χ2v) is 4.48. The molecule has 0 aromatic carbocycles. The third-order valence-corrected chi connectivity index (χ3v) is 2.12. The molecule has 0 fully saturated rings. The molecule has 0 unspecified atom stereocenters. The van der Waals surface area contributed by atoms with Gasteiger partial charge in [0.1, 0.15) is 0 Å². The Bertz CT molecular complexity index is 146. The first-order valence-electron chi connectivity index (χ1n) is 7.34. The third-order valence-electron chi connectivity index (χ3n) is 1.79. The molecular weight excluding hydrogens is 376 g/mol. The van der Waals surface area contributed by atoms with E-state index < -0.39 is 0 Å². The SMILES string of the molecule is COCCBr.COCCO.OCCOCCOCCOCCO. The van der Waals surface area contributed by atoms with Gasteiger partial charge in [0.2, 0.25) is 0 Å². The molecule has 0 aromatic heterocycles. The van der Waals surface area contributed by atoms with Gasteiger partial charge in [-0.25, -0.2) is 0 Å². The predicted molar refractivity (Wildman–Crippen MR) is 91.3 cm³/mol. The van der Waals surface area contributed by atoms with Gasteiger partial charge in [-0.05, 0) is 0 Å². The van der Waals surface area contributed by atoms with Gasteiger partial charge in [0.25, 0.3) is 0 Å². The highest BCUT2D eigenvalue weighted by atomic mass is 79.9. The summed E-state index contributed by atoms with van der Waals surface area (Å²) < 4.78 is 24.1. The van der Waals surface area contributed by atoms with Gasteiger partial charge in [-0.15, -0.1) is 0 Å². The van der Waals surface area contributed by atoms with Crippen LogP contribution in [0.4, 0.5) is 0 Å². The minimum absolute atomic E-state index is 0.0413. The van der Waals surface area contributed by atoms with Crippen molar-refractivity contribution >= 4 is 15.9 Å². The van der Waals surface area contributed by atoms with Gasteiger partial charge in [-0.1, -0.05) is 15.9 Å². The van der Waals surface area contributed by atoms with Gasteiger partial charge in [0.05, 0.1) is 72.7 Å². The van der Waals surface area contributed by atoms with Crippen LogP contribution in [0.25, 0.3) is 0 Å². The highest BCUT2D eigenvalue weighted by molar-refractivity contribution is 9.09. The molecule has 0 heterocycles. The van der Waals surface area contributed by atoms with Gasteiger partial charge in [-0.3, -0.25) is 0 Å². The van der Waals surface area contributed by atoms with Crippen molar-refractivity contribution < 1.29 is 39.0 Å². The number of hydrogen-bond acceptors (Lipinski definition) is 8. The molecule has 0 spiro atoms. The van der Waals surface area contributed by atoms with E-state index in [0.717, 1.165) is 11.9 Å². The number of methoxy groups -OCH3 is 2. The fourth-order valence-corrected chi connectivity index (χ4v) is 1.16. The summed E-state index contributed by atoms with van der Waals surface area (Å²) in [6.45, 7) is 4.14. The van der Waals surface area contributed by atoms with E-state index in [1.807, 2.05) is 0 Å². The standard InChI is InChI=1S/C8H18O5.C3H7BrO.C3H8O2/c9-1-3-11-5-7-13-8-6-12-4-2-10;2*1-5-3-2-4/h9-10H,1-8H2;2-3H2,1H3;4H,2-3H2,1H3. The summed E-state index contributed by atoms with van der Waals surface area (Å²) in [5.74, 6) is 0. The van der Waals surface area contributed by atoms with Crippen molar-refractivity contribution in [1.82, 2.24) is 0 Å². The minimum Gasteiger partial charge on any atom is -0.394 e. The Morgan fingerprint density at radius 3 is 1.09 bits per heavy atom. The lowest BCUT2D eigenvalue weighted by atomic mass is 10.7. The molecule has 144 valence electrons. The van der Waals surface area contributed by atoms with Crippen molar-refractivity contribution in [1.29, 1.82) is 0 Å². The van der Waals surface area contributed by atoms with Crippen LogP contribution in [-0.2, 0) is 23.7 Å². The van der Waals surface area contributed by atoms with E-state index in [0.29, 0.717) is 46.2 Å². The zero-order valence-corrected chi connectivity index (χ0v) is 15.8. The van der Waals surface area contributed by atoms with Crippen LogP contribution in [0.1, 0.15) is 0 Å². The summed E-state index contributed by atoms with van der Waals surface area (Å²) in [5, 5.41) is 25.6. The molecule has 9 heteroatoms. The fourth-order valence-electron chi connectivity index (χ4n) is 0.839. The van der Waals surface area contributed by atoms with E-state index in [2.05, 4.69) is 25.4 Å². The van der Waals surface area contributed by atoms with Crippen LogP contribution < -0.4 is 0 Å². The number of halogens is 1. The number of hydrogen-bond donors (Lipinski definition) is 3. The fraction of sp³-hybridized carbons (Fsp3) is 1.00. The molecule has 23 heavy (non-hydrogen) atoms. The average Bonchev–Trinajstić information content (AvgIpc) is 2.56. The molecule has 0 bridgehead atoms. The third kappa shape index (κ3) is 44.9. The van der Waals surface area contributed by atoms with Crippen molar-refractivity contribution in [2.75, 3.05) is 92.2 Å². The smallest absolute Gasteiger partial charge is 0.0701 e. The molecule has 0 saturated carbocycles. The maximum Gasteiger partial charge on any atom is 0.0701 e. The molecule has 0 aliphatic carbocycles. The first-order chi connectivity index (χ1) is 11.2. The van der Waals surface area contributed by atoms with Crippen LogP contribution in [0.15, 0.2) is 0 Å². The summed E-state index contributed by atoms with van der Waals surface area (Å²) in [4.78, 5) is 0. The van der Waals surface area contributed by atoms with E-state index in [1.165, 1.54) is 0 Å². The molecule has 0 aromatic rings. The van der Waals surface area contributed by atoms with Crippen LogP contribution >= 0.6 is 15.9 Å². The highest BCUT2D eigenvalue weighted by Gasteiger charge is 1.89. The van der Waals surface area contributed by atoms with E-state index in [-0.39, 0.29) is 19.8 Å². The molecule has 0 amide bonds. The van der Waals surface area contributed by atoms with E-state index >= 15 is 0 Å². The Morgan fingerprint density at radius 1 is 0.565 bits per heavy atom. The zero-order valence-electron chi connectivity index (χ0n) is 14.2. The summed E-state index contributed by atoms with van der Waals surface area (Å²) in [7, 11) is 3.23. The minimum atomic E-state index is 0.0413. The average molecular weight is 409 g/mol. The number of rotatable bonds is 14. The molecular formula is C14H33BrO8. The first kappa shape index (κ1) is 28.0. The lowest BCUT2D eigenvalue weighted by Crippen LogP contribution is -2.11. The van der Waals surface area contributed by atoms with Crippen LogP contribution in [-0.4, -0.2) is 108 Å². The first-order valence-corrected chi connectivity index (χ1v) is 8.46. The molecule has 8 nitrogen and oxygen atoms in total. The monoisotopic (exact) mass is 408 g/mol. The van der Waals surface area contributed by atoms with Gasteiger partial charge in [-0.2, -0.15) is 0 Å². The normalized spacial score (nSPS) is 9.65. The van der Waals surface area contributed by atoms with Crippen LogP contribution in [0, 0.1) is 0 Å². The maximum atomic E-state index is 8.36. The topological polar surface area (TPSA) is 107 Å². The Hall–Kier alpha value is 0.160. The molecule has 0 aliphatic heterocycles. The van der Waals surface area contributed by atoms with Crippen molar-refractivity contribution in [2.24, 2.45) is 0 Å². The van der Waals surface area contributed by atoms with Crippen LogP contribution in [0.5, 0.6) is 0 Å². The highest BCUT2D eigenvalue weighted by Crippen LogP contribution is 1.80. The Morgan fingerprint density at radius 2 is 0.913 bits per heavy atom. The summed E-state index contributed by atoms with van der Waals surface area (Å²) in [5.41, 5.74) is 0. The second-order valence-electron chi connectivity index (χ2n) is 3.68. The summed E-state index contributed by atoms with van der Waals surface area (Å²) in [6.07, 6.45) is 0. The number of ether oxygens (including phenoxy) is 5. The van der Waals surface area contributed by atoms with E-state index in [1.54, 1.807) is 14.2 Å². The number of aliphatic hydroxyl groups is 3. The van der Waals surface area contributed by atoms with Crippen LogP contribution in [0.3, 0.4) is 0 Å². The van der Waals surface area contributed by atoms with Gasteiger partial charge in [0.15, 0.2) is 0 Å². The molecule has 0 aliphatic rings. The van der Waals surface area contributed by atoms with Crippen LogP contribution in [0.2, 0.25) is 0 Å². The number of alkyl halides is 1. The summed E-state index contributed by atoms with van der Waals surface area (Å²) in [6, 6.07) is 0. The lowest BCUT2D eigenvalue weighted by Gasteiger charge is -2.04. The predicted octanol–water partition coefficient (Wildman–Crippen LogP) is -0.326. The zero-order chi connectivity index (χ0) is 18.0. The molecule has 0 atom stereocenters. The maximum absolute atomic E-state index is 8.36. The van der Waals surface area contributed by atoms with Gasteiger partial charge >= 0.3 is 0 Å². The quantitative estimate of drug-likeness (QED) is 0.265. The molecule has 0 rings (SSSR count).